The summed E-state index contributed by atoms with van der Waals surface area (Å²) in [6.07, 6.45) is 0. The van der Waals surface area contributed by atoms with Gasteiger partial charge >= 0.3 is 5.97 Å². The largest absolute Gasteiger partial charge is 0.462 e. The fourth-order valence-electron chi connectivity index (χ4n) is 4.04. The third-order valence-corrected chi connectivity index (χ3v) is 5.03. The SMILES string of the molecule is CCOC(=O)C1=C(C)NC2(O)c3ccccc3-c3ccccc3C12O. The Bertz CT molecular complexity index is 919. The van der Waals surface area contributed by atoms with Gasteiger partial charge in [-0.3, -0.25) is 0 Å². The van der Waals surface area contributed by atoms with E-state index in [-0.39, 0.29) is 12.2 Å². The van der Waals surface area contributed by atoms with E-state index in [1.54, 1.807) is 38.1 Å². The molecule has 1 heterocycles. The molecule has 2 atom stereocenters. The zero-order valence-corrected chi connectivity index (χ0v) is 14.0. The topological polar surface area (TPSA) is 78.8 Å². The minimum atomic E-state index is -1.94. The van der Waals surface area contributed by atoms with Crippen LogP contribution in [-0.2, 0) is 20.9 Å². The minimum absolute atomic E-state index is 0.0406. The molecule has 0 amide bonds. The monoisotopic (exact) mass is 337 g/mol. The van der Waals surface area contributed by atoms with Crippen molar-refractivity contribution in [1.82, 2.24) is 5.32 Å². The number of benzene rings is 2. The third-order valence-electron chi connectivity index (χ3n) is 5.03. The highest BCUT2D eigenvalue weighted by molar-refractivity contribution is 5.95. The number of ether oxygens (including phenoxy) is 1. The first-order chi connectivity index (χ1) is 11.9. The van der Waals surface area contributed by atoms with Crippen LogP contribution in [0.25, 0.3) is 11.1 Å². The first-order valence-corrected chi connectivity index (χ1v) is 8.26. The Labute approximate surface area is 145 Å². The van der Waals surface area contributed by atoms with E-state index in [0.29, 0.717) is 16.8 Å². The van der Waals surface area contributed by atoms with Crippen LogP contribution in [0.2, 0.25) is 0 Å². The number of rotatable bonds is 2. The van der Waals surface area contributed by atoms with Crippen molar-refractivity contribution in [1.29, 1.82) is 0 Å². The van der Waals surface area contributed by atoms with Gasteiger partial charge in [-0.25, -0.2) is 4.79 Å². The maximum Gasteiger partial charge on any atom is 0.339 e. The van der Waals surface area contributed by atoms with E-state index in [9.17, 15) is 15.0 Å². The maximum absolute atomic E-state index is 12.6. The van der Waals surface area contributed by atoms with Crippen LogP contribution in [0.1, 0.15) is 25.0 Å². The Morgan fingerprint density at radius 1 is 1.04 bits per heavy atom. The summed E-state index contributed by atoms with van der Waals surface area (Å²) in [5.41, 5.74) is -0.746. The summed E-state index contributed by atoms with van der Waals surface area (Å²) >= 11 is 0. The van der Waals surface area contributed by atoms with Crippen molar-refractivity contribution in [2.24, 2.45) is 0 Å². The van der Waals surface area contributed by atoms with Crippen LogP contribution in [0.15, 0.2) is 59.8 Å². The maximum atomic E-state index is 12.6. The van der Waals surface area contributed by atoms with Crippen molar-refractivity contribution >= 4 is 5.97 Å². The Kier molecular flexibility index (Phi) is 3.29. The minimum Gasteiger partial charge on any atom is -0.462 e. The number of allylic oxidation sites excluding steroid dienone is 1. The standard InChI is InChI=1S/C20H19NO4/c1-3-25-18(22)17-12(2)21-20(24)16-11-7-5-9-14(16)13-8-4-6-10-15(13)19(17,20)23/h4-11,21,23-24H,3H2,1-2H3. The molecule has 0 spiro atoms. The molecule has 0 saturated heterocycles. The molecule has 2 aliphatic rings. The van der Waals surface area contributed by atoms with Crippen LogP contribution in [0, 0.1) is 0 Å². The highest BCUT2D eigenvalue weighted by Gasteiger charge is 2.64. The highest BCUT2D eigenvalue weighted by Crippen LogP contribution is 2.57. The van der Waals surface area contributed by atoms with E-state index >= 15 is 0 Å². The van der Waals surface area contributed by atoms with Gasteiger partial charge in [0.1, 0.15) is 0 Å². The van der Waals surface area contributed by atoms with Crippen LogP contribution in [0.4, 0.5) is 0 Å². The van der Waals surface area contributed by atoms with Crippen LogP contribution < -0.4 is 5.32 Å². The quantitative estimate of drug-likeness (QED) is 0.732. The molecule has 5 nitrogen and oxygen atoms in total. The molecule has 2 unspecified atom stereocenters. The number of carbonyl (C=O) groups is 1. The van der Waals surface area contributed by atoms with Crippen molar-refractivity contribution in [2.75, 3.05) is 6.61 Å². The molecule has 2 aromatic rings. The van der Waals surface area contributed by atoms with Crippen LogP contribution >= 0.6 is 0 Å². The molecule has 1 aliphatic heterocycles. The summed E-state index contributed by atoms with van der Waals surface area (Å²) in [6, 6.07) is 14.6. The lowest BCUT2D eigenvalue weighted by atomic mass is 9.68. The van der Waals surface area contributed by atoms with Gasteiger partial charge in [-0.2, -0.15) is 0 Å². The second-order valence-corrected chi connectivity index (χ2v) is 6.36. The van der Waals surface area contributed by atoms with Crippen molar-refractivity contribution in [3.05, 3.63) is 70.9 Å². The highest BCUT2D eigenvalue weighted by atomic mass is 16.5. The van der Waals surface area contributed by atoms with Gasteiger partial charge in [-0.05, 0) is 25.0 Å². The van der Waals surface area contributed by atoms with Gasteiger partial charge in [-0.15, -0.1) is 0 Å². The zero-order valence-electron chi connectivity index (χ0n) is 14.0. The molecule has 0 fully saturated rings. The van der Waals surface area contributed by atoms with E-state index < -0.39 is 17.3 Å². The van der Waals surface area contributed by atoms with Crippen LogP contribution in [0.5, 0.6) is 0 Å². The zero-order chi connectivity index (χ0) is 17.8. The van der Waals surface area contributed by atoms with E-state index in [1.807, 2.05) is 24.3 Å². The third kappa shape index (κ3) is 1.82. The molecule has 3 N–H and O–H groups in total. The van der Waals surface area contributed by atoms with Crippen LogP contribution in [0.3, 0.4) is 0 Å². The second kappa shape index (κ2) is 5.18. The fourth-order valence-corrected chi connectivity index (χ4v) is 4.04. The van der Waals surface area contributed by atoms with Gasteiger partial charge < -0.3 is 20.3 Å². The van der Waals surface area contributed by atoms with Gasteiger partial charge in [0.2, 0.25) is 5.72 Å². The first-order valence-electron chi connectivity index (χ1n) is 8.26. The van der Waals surface area contributed by atoms with Crippen molar-refractivity contribution in [2.45, 2.75) is 25.2 Å². The molecular formula is C20H19NO4. The van der Waals surface area contributed by atoms with Gasteiger partial charge in [0.15, 0.2) is 5.60 Å². The fraction of sp³-hybridized carbons (Fsp3) is 0.250. The molecule has 1 aliphatic carbocycles. The Hall–Kier alpha value is -2.63. The Morgan fingerprint density at radius 3 is 2.24 bits per heavy atom. The summed E-state index contributed by atoms with van der Waals surface area (Å²) in [5.74, 6) is -0.639. The van der Waals surface area contributed by atoms with Crippen molar-refractivity contribution in [3.8, 4) is 11.1 Å². The number of carbonyl (C=O) groups excluding carboxylic acids is 1. The lowest BCUT2D eigenvalue weighted by Gasteiger charge is -2.45. The summed E-state index contributed by atoms with van der Waals surface area (Å²) in [4.78, 5) is 12.6. The number of hydrogen-bond acceptors (Lipinski definition) is 5. The van der Waals surface area contributed by atoms with E-state index in [4.69, 9.17) is 4.74 Å². The molecule has 5 heteroatoms. The molecular weight excluding hydrogens is 318 g/mol. The summed E-state index contributed by atoms with van der Waals surface area (Å²) < 4.78 is 5.15. The molecule has 0 saturated carbocycles. The number of hydrogen-bond donors (Lipinski definition) is 3. The van der Waals surface area contributed by atoms with Gasteiger partial charge in [0, 0.05) is 16.8 Å². The average molecular weight is 337 g/mol. The molecule has 0 aromatic heterocycles. The molecule has 128 valence electrons. The first kappa shape index (κ1) is 15.9. The normalized spacial score (nSPS) is 26.4. The van der Waals surface area contributed by atoms with Crippen molar-refractivity contribution < 1.29 is 19.7 Å². The Morgan fingerprint density at radius 2 is 1.60 bits per heavy atom. The number of aliphatic hydroxyl groups is 2. The van der Waals surface area contributed by atoms with Gasteiger partial charge in [0.25, 0.3) is 0 Å². The molecule has 25 heavy (non-hydrogen) atoms. The van der Waals surface area contributed by atoms with Crippen LogP contribution in [-0.4, -0.2) is 22.8 Å². The second-order valence-electron chi connectivity index (χ2n) is 6.36. The predicted octanol–water partition coefficient (Wildman–Crippen LogP) is 2.14. The summed E-state index contributed by atoms with van der Waals surface area (Å²) in [7, 11) is 0. The van der Waals surface area contributed by atoms with Gasteiger partial charge in [-0.1, -0.05) is 48.5 Å². The molecule has 4 rings (SSSR count). The number of fused-ring (bicyclic) bond motifs is 6. The molecule has 0 bridgehead atoms. The Balaban J connectivity index is 2.06. The van der Waals surface area contributed by atoms with Crippen molar-refractivity contribution in [3.63, 3.8) is 0 Å². The number of esters is 1. The number of nitrogens with one attached hydrogen (secondary N) is 1. The van der Waals surface area contributed by atoms with E-state index in [1.165, 1.54) is 0 Å². The smallest absolute Gasteiger partial charge is 0.339 e. The molecule has 2 aromatic carbocycles. The summed E-state index contributed by atoms with van der Waals surface area (Å²) in [6.45, 7) is 3.55. The van der Waals surface area contributed by atoms with E-state index in [0.717, 1.165) is 11.1 Å². The average Bonchev–Trinajstić information content (AvgIpc) is 2.83. The molecule has 0 radical (unpaired) electrons. The lowest BCUT2D eigenvalue weighted by molar-refractivity contribution is -0.161. The van der Waals surface area contributed by atoms with Gasteiger partial charge in [0.05, 0.1) is 12.2 Å². The lowest BCUT2D eigenvalue weighted by Crippen LogP contribution is -2.56. The van der Waals surface area contributed by atoms with E-state index in [2.05, 4.69) is 5.32 Å². The predicted molar refractivity (Wildman–Crippen MR) is 92.1 cm³/mol. The summed E-state index contributed by atoms with van der Waals surface area (Å²) in [5, 5.41) is 26.2.